The first-order chi connectivity index (χ1) is 5.43. The van der Waals surface area contributed by atoms with Crippen LogP contribution in [-0.2, 0) is 4.79 Å². The minimum atomic E-state index is -3.13. The Labute approximate surface area is 66.6 Å². The molecule has 0 bridgehead atoms. The van der Waals surface area contributed by atoms with Gasteiger partial charge in [-0.1, -0.05) is 6.08 Å². The molecule has 5 heteroatoms. The highest BCUT2D eigenvalue weighted by molar-refractivity contribution is 5.74. The molecule has 0 radical (unpaired) electrons. The second-order valence-electron chi connectivity index (χ2n) is 2.43. The molecule has 1 aliphatic rings. The molecule has 0 saturated heterocycles. The Kier molecular flexibility index (Phi) is 1.97. The molecule has 0 aliphatic heterocycles. The molecule has 0 aromatic heterocycles. The summed E-state index contributed by atoms with van der Waals surface area (Å²) in [5.74, 6) is -7.40. The maximum Gasteiger partial charge on any atom is 0.316 e. The number of carbonyl (C=O) groups is 1. The van der Waals surface area contributed by atoms with Crippen molar-refractivity contribution in [3.8, 4) is 0 Å². The molecular weight excluding hydrogens is 170 g/mol. The molecule has 66 valence electrons. The minimum Gasteiger partial charge on any atom is -0.481 e. The fourth-order valence-corrected chi connectivity index (χ4v) is 0.910. The lowest BCUT2D eigenvalue weighted by atomic mass is 9.95. The summed E-state index contributed by atoms with van der Waals surface area (Å²) in [4.78, 5) is 10.3. The van der Waals surface area contributed by atoms with Gasteiger partial charge in [-0.15, -0.1) is 0 Å². The van der Waals surface area contributed by atoms with E-state index in [9.17, 15) is 13.6 Å². The van der Waals surface area contributed by atoms with E-state index in [1.165, 1.54) is 0 Å². The quantitative estimate of drug-likeness (QED) is 0.620. The topological polar surface area (TPSA) is 57.5 Å². The van der Waals surface area contributed by atoms with Crippen molar-refractivity contribution < 1.29 is 23.8 Å². The summed E-state index contributed by atoms with van der Waals surface area (Å²) >= 11 is 0. The number of aliphatic carboxylic acids is 1. The van der Waals surface area contributed by atoms with Crippen molar-refractivity contribution in [3.05, 3.63) is 24.1 Å². The third-order valence-corrected chi connectivity index (χ3v) is 1.49. The van der Waals surface area contributed by atoms with Crippen LogP contribution in [0.1, 0.15) is 0 Å². The van der Waals surface area contributed by atoms with Gasteiger partial charge in [-0.05, 0) is 6.08 Å². The molecule has 0 saturated carbocycles. The number of carboxylic acid groups (broad SMARTS) is 1. The zero-order valence-electron chi connectivity index (χ0n) is 5.87. The van der Waals surface area contributed by atoms with Gasteiger partial charge in [0.25, 0.3) is 0 Å². The Bertz CT molecular complexity index is 268. The number of aliphatic hydroxyl groups is 1. The molecule has 0 spiro atoms. The predicted molar refractivity (Wildman–Crippen MR) is 35.5 cm³/mol. The Balaban J connectivity index is 2.96. The summed E-state index contributed by atoms with van der Waals surface area (Å²) in [5.41, 5.74) is 0. The average molecular weight is 176 g/mol. The normalized spacial score (nSPS) is 34.6. The molecule has 0 fully saturated rings. The van der Waals surface area contributed by atoms with Crippen LogP contribution in [0.15, 0.2) is 24.1 Å². The molecular formula is C7H6F2O3. The van der Waals surface area contributed by atoms with E-state index in [-0.39, 0.29) is 6.08 Å². The first-order valence-electron chi connectivity index (χ1n) is 3.14. The Hall–Kier alpha value is -1.23. The molecule has 0 amide bonds. The SMILES string of the molecule is O=C(O)C1C=CC(F)=CC1(O)F. The van der Waals surface area contributed by atoms with Crippen molar-refractivity contribution in [2.45, 2.75) is 5.85 Å². The number of rotatable bonds is 1. The van der Waals surface area contributed by atoms with Gasteiger partial charge in [-0.2, -0.15) is 0 Å². The van der Waals surface area contributed by atoms with E-state index >= 15 is 0 Å². The molecule has 1 aliphatic carbocycles. The van der Waals surface area contributed by atoms with Gasteiger partial charge >= 0.3 is 5.97 Å². The summed E-state index contributed by atoms with van der Waals surface area (Å²) in [5, 5.41) is 17.1. The van der Waals surface area contributed by atoms with Gasteiger partial charge in [-0.25, -0.2) is 8.78 Å². The van der Waals surface area contributed by atoms with Gasteiger partial charge < -0.3 is 10.2 Å². The largest absolute Gasteiger partial charge is 0.481 e. The van der Waals surface area contributed by atoms with E-state index in [2.05, 4.69) is 0 Å². The minimum absolute atomic E-state index is 0.228. The van der Waals surface area contributed by atoms with E-state index in [0.29, 0.717) is 0 Å². The monoisotopic (exact) mass is 176 g/mol. The van der Waals surface area contributed by atoms with Crippen LogP contribution in [0.5, 0.6) is 0 Å². The molecule has 0 aromatic rings. The molecule has 12 heavy (non-hydrogen) atoms. The maximum absolute atomic E-state index is 12.8. The number of halogens is 2. The lowest BCUT2D eigenvalue weighted by Crippen LogP contribution is -2.36. The second-order valence-corrected chi connectivity index (χ2v) is 2.43. The van der Waals surface area contributed by atoms with Gasteiger partial charge in [0.1, 0.15) is 11.7 Å². The van der Waals surface area contributed by atoms with Gasteiger partial charge in [0.15, 0.2) is 0 Å². The van der Waals surface area contributed by atoms with Crippen LogP contribution >= 0.6 is 0 Å². The summed E-state index contributed by atoms with van der Waals surface area (Å²) in [6.07, 6.45) is 1.79. The Morgan fingerprint density at radius 3 is 2.67 bits per heavy atom. The average Bonchev–Trinajstić information content (AvgIpc) is 1.82. The summed E-state index contributed by atoms with van der Waals surface area (Å²) < 4.78 is 25.1. The van der Waals surface area contributed by atoms with Gasteiger partial charge in [0.2, 0.25) is 5.85 Å². The maximum atomic E-state index is 12.8. The van der Waals surface area contributed by atoms with Crippen molar-refractivity contribution in [2.75, 3.05) is 0 Å². The standard InChI is InChI=1S/C7H6F2O3/c8-4-1-2-5(6(10)11)7(9,12)3-4/h1-3,5,12H,(H,10,11). The summed E-state index contributed by atoms with van der Waals surface area (Å²) in [7, 11) is 0. The third kappa shape index (κ3) is 1.50. The van der Waals surface area contributed by atoms with E-state index in [4.69, 9.17) is 10.2 Å². The highest BCUT2D eigenvalue weighted by Gasteiger charge is 2.41. The van der Waals surface area contributed by atoms with Crippen LogP contribution in [0.2, 0.25) is 0 Å². The predicted octanol–water partition coefficient (Wildman–Crippen LogP) is 0.768. The van der Waals surface area contributed by atoms with Crippen molar-refractivity contribution >= 4 is 5.97 Å². The van der Waals surface area contributed by atoms with Crippen molar-refractivity contribution in [1.82, 2.24) is 0 Å². The van der Waals surface area contributed by atoms with Crippen LogP contribution in [-0.4, -0.2) is 22.0 Å². The first-order valence-corrected chi connectivity index (χ1v) is 3.14. The molecule has 1 rings (SSSR count). The molecule has 2 N–H and O–H groups in total. The van der Waals surface area contributed by atoms with Crippen LogP contribution < -0.4 is 0 Å². The molecule has 2 atom stereocenters. The highest BCUT2D eigenvalue weighted by atomic mass is 19.2. The molecule has 0 heterocycles. The van der Waals surface area contributed by atoms with Crippen molar-refractivity contribution in [3.63, 3.8) is 0 Å². The summed E-state index contributed by atoms with van der Waals surface area (Å²) in [6.45, 7) is 0. The molecule has 0 aromatic carbocycles. The van der Waals surface area contributed by atoms with Crippen LogP contribution in [0.4, 0.5) is 8.78 Å². The molecule has 2 unspecified atom stereocenters. The van der Waals surface area contributed by atoms with E-state index in [0.717, 1.165) is 12.2 Å². The van der Waals surface area contributed by atoms with E-state index in [1.807, 2.05) is 0 Å². The smallest absolute Gasteiger partial charge is 0.316 e. The fraction of sp³-hybridized carbons (Fsp3) is 0.286. The van der Waals surface area contributed by atoms with Crippen molar-refractivity contribution in [1.29, 1.82) is 0 Å². The Morgan fingerprint density at radius 1 is 1.67 bits per heavy atom. The van der Waals surface area contributed by atoms with Crippen molar-refractivity contribution in [2.24, 2.45) is 5.92 Å². The van der Waals surface area contributed by atoms with E-state index in [1.54, 1.807) is 0 Å². The van der Waals surface area contributed by atoms with Crippen LogP contribution in [0, 0.1) is 5.92 Å². The number of allylic oxidation sites excluding steroid dienone is 2. The number of hydrogen-bond acceptors (Lipinski definition) is 2. The first kappa shape index (κ1) is 8.86. The number of carboxylic acids is 1. The van der Waals surface area contributed by atoms with E-state index < -0.39 is 23.6 Å². The Morgan fingerprint density at radius 2 is 2.25 bits per heavy atom. The van der Waals surface area contributed by atoms with Gasteiger partial charge in [-0.3, -0.25) is 4.79 Å². The highest BCUT2D eigenvalue weighted by Crippen LogP contribution is 2.29. The lowest BCUT2D eigenvalue weighted by molar-refractivity contribution is -0.156. The number of hydrogen-bond donors (Lipinski definition) is 2. The molecule has 3 nitrogen and oxygen atoms in total. The summed E-state index contributed by atoms with van der Waals surface area (Å²) in [6, 6.07) is 0. The second kappa shape index (κ2) is 2.67. The van der Waals surface area contributed by atoms with Gasteiger partial charge in [0, 0.05) is 6.08 Å². The van der Waals surface area contributed by atoms with Crippen LogP contribution in [0.3, 0.4) is 0 Å². The van der Waals surface area contributed by atoms with Gasteiger partial charge in [0.05, 0.1) is 0 Å². The third-order valence-electron chi connectivity index (χ3n) is 1.49. The zero-order valence-corrected chi connectivity index (χ0v) is 5.87. The number of alkyl halides is 1. The zero-order chi connectivity index (χ0) is 9.35. The van der Waals surface area contributed by atoms with Crippen LogP contribution in [0.25, 0.3) is 0 Å². The lowest BCUT2D eigenvalue weighted by Gasteiger charge is -2.22. The fourth-order valence-electron chi connectivity index (χ4n) is 0.910.